The number of aryl methyl sites for hydroxylation is 1. The van der Waals surface area contributed by atoms with E-state index in [1.54, 1.807) is 17.7 Å². The first-order chi connectivity index (χ1) is 16.5. The van der Waals surface area contributed by atoms with Crippen molar-refractivity contribution in [2.75, 3.05) is 30.9 Å². The lowest BCUT2D eigenvalue weighted by Crippen LogP contribution is -2.37. The Labute approximate surface area is 204 Å². The SMILES string of the molecule is COc1ccc2c(c1)CCCN2C(=O)CSc1nc2ccccc2c(=O)n1CCCOC(C)C. The number of para-hydroxylation sites is 1. The molecule has 0 bridgehead atoms. The third-order valence-corrected chi connectivity index (χ3v) is 6.80. The van der Waals surface area contributed by atoms with Crippen molar-refractivity contribution >= 4 is 34.3 Å². The Morgan fingerprint density at radius 1 is 1.21 bits per heavy atom. The van der Waals surface area contributed by atoms with Crippen molar-refractivity contribution in [1.82, 2.24) is 9.55 Å². The van der Waals surface area contributed by atoms with E-state index in [9.17, 15) is 9.59 Å². The predicted molar refractivity (Wildman–Crippen MR) is 136 cm³/mol. The van der Waals surface area contributed by atoms with Crippen LogP contribution in [0.25, 0.3) is 10.9 Å². The van der Waals surface area contributed by atoms with Gasteiger partial charge in [-0.1, -0.05) is 23.9 Å². The highest BCUT2D eigenvalue weighted by molar-refractivity contribution is 7.99. The number of aromatic nitrogens is 2. The van der Waals surface area contributed by atoms with Gasteiger partial charge in [0.2, 0.25) is 5.91 Å². The van der Waals surface area contributed by atoms with Crippen LogP contribution in [0, 0.1) is 0 Å². The van der Waals surface area contributed by atoms with Crippen LogP contribution in [0.15, 0.2) is 52.4 Å². The van der Waals surface area contributed by atoms with E-state index in [4.69, 9.17) is 14.5 Å². The van der Waals surface area contributed by atoms with Crippen LogP contribution in [0.4, 0.5) is 5.69 Å². The molecule has 2 aromatic carbocycles. The Morgan fingerprint density at radius 3 is 2.82 bits per heavy atom. The highest BCUT2D eigenvalue weighted by atomic mass is 32.2. The van der Waals surface area contributed by atoms with E-state index < -0.39 is 0 Å². The van der Waals surface area contributed by atoms with Crippen LogP contribution >= 0.6 is 11.8 Å². The van der Waals surface area contributed by atoms with E-state index >= 15 is 0 Å². The topological polar surface area (TPSA) is 73.7 Å². The average Bonchev–Trinajstić information content (AvgIpc) is 2.85. The van der Waals surface area contributed by atoms with Crippen LogP contribution in [0.2, 0.25) is 0 Å². The minimum absolute atomic E-state index is 0.00761. The van der Waals surface area contributed by atoms with Crippen molar-refractivity contribution in [3.05, 3.63) is 58.4 Å². The van der Waals surface area contributed by atoms with Crippen LogP contribution in [0.3, 0.4) is 0 Å². The van der Waals surface area contributed by atoms with Crippen LogP contribution in [-0.2, 0) is 22.5 Å². The lowest BCUT2D eigenvalue weighted by molar-refractivity contribution is -0.116. The van der Waals surface area contributed by atoms with Gasteiger partial charge in [-0.05, 0) is 69.0 Å². The fraction of sp³-hybridized carbons (Fsp3) is 0.423. The smallest absolute Gasteiger partial charge is 0.262 e. The Morgan fingerprint density at radius 2 is 2.03 bits per heavy atom. The Balaban J connectivity index is 1.54. The quantitative estimate of drug-likeness (QED) is 0.258. The van der Waals surface area contributed by atoms with Gasteiger partial charge in [-0.2, -0.15) is 0 Å². The van der Waals surface area contributed by atoms with Crippen LogP contribution in [-0.4, -0.2) is 47.6 Å². The molecule has 0 unspecified atom stereocenters. The third kappa shape index (κ3) is 5.45. The number of anilines is 1. The van der Waals surface area contributed by atoms with Crippen molar-refractivity contribution in [3.8, 4) is 5.75 Å². The Bertz CT molecular complexity index is 1220. The molecule has 1 aliphatic rings. The van der Waals surface area contributed by atoms with E-state index in [0.717, 1.165) is 29.8 Å². The molecule has 180 valence electrons. The number of rotatable bonds is 9. The summed E-state index contributed by atoms with van der Waals surface area (Å²) in [4.78, 5) is 33.0. The van der Waals surface area contributed by atoms with Gasteiger partial charge in [-0.15, -0.1) is 0 Å². The first-order valence-corrected chi connectivity index (χ1v) is 12.7. The van der Waals surface area contributed by atoms with E-state index in [0.29, 0.717) is 42.2 Å². The van der Waals surface area contributed by atoms with E-state index in [1.165, 1.54) is 11.8 Å². The summed E-state index contributed by atoms with van der Waals surface area (Å²) >= 11 is 1.32. The van der Waals surface area contributed by atoms with Crippen LogP contribution in [0.5, 0.6) is 5.75 Å². The third-order valence-electron chi connectivity index (χ3n) is 5.83. The molecule has 0 aliphatic carbocycles. The lowest BCUT2D eigenvalue weighted by Gasteiger charge is -2.29. The molecule has 0 saturated carbocycles. The maximum absolute atomic E-state index is 13.2. The zero-order valence-corrected chi connectivity index (χ0v) is 20.8. The molecule has 0 spiro atoms. The fourth-order valence-corrected chi connectivity index (χ4v) is 5.06. The second-order valence-corrected chi connectivity index (χ2v) is 9.52. The van der Waals surface area contributed by atoms with E-state index in [-0.39, 0.29) is 23.3 Å². The fourth-order valence-electron chi connectivity index (χ4n) is 4.16. The first-order valence-electron chi connectivity index (χ1n) is 11.7. The highest BCUT2D eigenvalue weighted by Gasteiger charge is 2.24. The molecule has 0 saturated heterocycles. The largest absolute Gasteiger partial charge is 0.497 e. The van der Waals surface area contributed by atoms with Gasteiger partial charge in [0.15, 0.2) is 5.16 Å². The van der Waals surface area contributed by atoms with Gasteiger partial charge in [0, 0.05) is 25.4 Å². The van der Waals surface area contributed by atoms with Gasteiger partial charge < -0.3 is 14.4 Å². The molecule has 1 aliphatic heterocycles. The molecule has 7 nitrogen and oxygen atoms in total. The number of amides is 1. The molecule has 1 amide bonds. The van der Waals surface area contributed by atoms with Crippen LogP contribution in [0.1, 0.15) is 32.3 Å². The van der Waals surface area contributed by atoms with E-state index in [2.05, 4.69) is 0 Å². The molecule has 0 atom stereocenters. The van der Waals surface area contributed by atoms with Crippen molar-refractivity contribution in [1.29, 1.82) is 0 Å². The number of carbonyl (C=O) groups is 1. The average molecular weight is 482 g/mol. The summed E-state index contributed by atoms with van der Waals surface area (Å²) in [7, 11) is 1.65. The summed E-state index contributed by atoms with van der Waals surface area (Å²) in [6, 6.07) is 13.2. The molecule has 8 heteroatoms. The Kier molecular flexibility index (Phi) is 7.90. The standard InChI is InChI=1S/C26H31N3O4S/c1-18(2)33-15-7-14-29-25(31)21-9-4-5-10-22(21)27-26(29)34-17-24(30)28-13-6-8-19-16-20(32-3)11-12-23(19)28/h4-5,9-12,16,18H,6-8,13-15,17H2,1-3H3. The van der Waals surface area contributed by atoms with Crippen molar-refractivity contribution in [3.63, 3.8) is 0 Å². The first kappa shape index (κ1) is 24.3. The maximum atomic E-state index is 13.2. The molecule has 2 heterocycles. The summed E-state index contributed by atoms with van der Waals surface area (Å²) in [6.45, 7) is 5.72. The molecule has 3 aromatic rings. The number of ether oxygens (including phenoxy) is 2. The summed E-state index contributed by atoms with van der Waals surface area (Å²) < 4.78 is 12.7. The number of benzene rings is 2. The van der Waals surface area contributed by atoms with Gasteiger partial charge in [0.1, 0.15) is 5.75 Å². The zero-order valence-electron chi connectivity index (χ0n) is 20.0. The molecule has 0 radical (unpaired) electrons. The second kappa shape index (κ2) is 11.1. The Hall–Kier alpha value is -2.84. The van der Waals surface area contributed by atoms with Gasteiger partial charge in [0.25, 0.3) is 5.56 Å². The number of thioether (sulfide) groups is 1. The van der Waals surface area contributed by atoms with E-state index in [1.807, 2.05) is 55.1 Å². The molecular formula is C26H31N3O4S. The minimum Gasteiger partial charge on any atom is -0.497 e. The molecule has 34 heavy (non-hydrogen) atoms. The highest BCUT2D eigenvalue weighted by Crippen LogP contribution is 2.31. The summed E-state index contributed by atoms with van der Waals surface area (Å²) in [6.07, 6.45) is 2.67. The van der Waals surface area contributed by atoms with Crippen LogP contribution < -0.4 is 15.2 Å². The van der Waals surface area contributed by atoms with Gasteiger partial charge in [0.05, 0.1) is 29.9 Å². The van der Waals surface area contributed by atoms with Crippen molar-refractivity contribution in [2.45, 2.75) is 50.9 Å². The van der Waals surface area contributed by atoms with Crippen molar-refractivity contribution in [2.24, 2.45) is 0 Å². The van der Waals surface area contributed by atoms with Crippen molar-refractivity contribution < 1.29 is 14.3 Å². The number of hydrogen-bond acceptors (Lipinski definition) is 6. The number of hydrogen-bond donors (Lipinski definition) is 0. The number of nitrogens with zero attached hydrogens (tertiary/aromatic N) is 3. The molecule has 0 N–H and O–H groups in total. The molecule has 1 aromatic heterocycles. The molecular weight excluding hydrogens is 450 g/mol. The monoisotopic (exact) mass is 481 g/mol. The lowest BCUT2D eigenvalue weighted by atomic mass is 10.0. The minimum atomic E-state index is -0.0829. The predicted octanol–water partition coefficient (Wildman–Crippen LogP) is 4.29. The summed E-state index contributed by atoms with van der Waals surface area (Å²) in [5.41, 5.74) is 2.62. The molecule has 4 rings (SSSR count). The molecule has 0 fully saturated rings. The summed E-state index contributed by atoms with van der Waals surface area (Å²) in [5, 5.41) is 1.15. The number of fused-ring (bicyclic) bond motifs is 2. The number of methoxy groups -OCH3 is 1. The zero-order chi connectivity index (χ0) is 24.1. The number of carbonyl (C=O) groups excluding carboxylic acids is 1. The van der Waals surface area contributed by atoms with Gasteiger partial charge >= 0.3 is 0 Å². The maximum Gasteiger partial charge on any atom is 0.262 e. The normalized spacial score (nSPS) is 13.4. The van der Waals surface area contributed by atoms with Gasteiger partial charge in [-0.25, -0.2) is 4.98 Å². The summed E-state index contributed by atoms with van der Waals surface area (Å²) in [5.74, 6) is 1.01. The van der Waals surface area contributed by atoms with Gasteiger partial charge in [-0.3, -0.25) is 14.2 Å². The second-order valence-electron chi connectivity index (χ2n) is 8.57.